The van der Waals surface area contributed by atoms with Gasteiger partial charge in [0, 0.05) is 5.02 Å². The Morgan fingerprint density at radius 1 is 1.30 bits per heavy atom. The molecule has 0 unspecified atom stereocenters. The van der Waals surface area contributed by atoms with Crippen molar-refractivity contribution in [1.29, 1.82) is 0 Å². The maximum absolute atomic E-state index is 5.68. The molecule has 0 saturated carbocycles. The van der Waals surface area contributed by atoms with Gasteiger partial charge in [-0.05, 0) is 30.2 Å². The van der Waals surface area contributed by atoms with Crippen LogP contribution in [0.2, 0.25) is 5.02 Å². The molecule has 0 N–H and O–H groups in total. The lowest BCUT2D eigenvalue weighted by Gasteiger charge is -1.93. The van der Waals surface area contributed by atoms with Crippen LogP contribution < -0.4 is 0 Å². The van der Waals surface area contributed by atoms with Gasteiger partial charge in [-0.15, -0.1) is 0 Å². The number of allylic oxidation sites excluding steroid dienone is 1. The fourth-order valence-corrected chi connectivity index (χ4v) is 0.873. The van der Waals surface area contributed by atoms with Crippen molar-refractivity contribution in [2.24, 2.45) is 0 Å². The Labute approximate surface area is 66.1 Å². The summed E-state index contributed by atoms with van der Waals surface area (Å²) in [6.45, 7) is 3.52. The average Bonchev–Trinajstić information content (AvgIpc) is 1.95. The molecule has 0 heterocycles. The smallest absolute Gasteiger partial charge is 0.0406 e. The maximum atomic E-state index is 5.68. The molecule has 51 valence electrons. The summed E-state index contributed by atoms with van der Waals surface area (Å²) in [6.07, 6.45) is 3.60. The van der Waals surface area contributed by atoms with E-state index in [4.69, 9.17) is 11.6 Å². The molecule has 1 aromatic carbocycles. The maximum Gasteiger partial charge on any atom is 0.0406 e. The fraction of sp³-hybridized carbons (Fsp3) is 0.111. The van der Waals surface area contributed by atoms with Crippen LogP contribution in [0.4, 0.5) is 0 Å². The van der Waals surface area contributed by atoms with Crippen LogP contribution in [0.1, 0.15) is 5.56 Å². The molecule has 0 atom stereocenters. The fourth-order valence-electron chi connectivity index (χ4n) is 0.747. The lowest BCUT2D eigenvalue weighted by Crippen LogP contribution is -1.77. The lowest BCUT2D eigenvalue weighted by molar-refractivity contribution is 1.24. The number of halogens is 1. The molecule has 1 radical (unpaired) electrons. The molecule has 0 aliphatic heterocycles. The molecule has 0 saturated heterocycles. The van der Waals surface area contributed by atoms with Gasteiger partial charge in [0.15, 0.2) is 0 Å². The summed E-state index contributed by atoms with van der Waals surface area (Å²) in [7, 11) is 0. The van der Waals surface area contributed by atoms with E-state index in [0.717, 1.165) is 11.4 Å². The summed E-state index contributed by atoms with van der Waals surface area (Å²) in [4.78, 5) is 0. The van der Waals surface area contributed by atoms with Crippen LogP contribution in [0.25, 0.3) is 0 Å². The molecule has 0 nitrogen and oxygen atoms in total. The van der Waals surface area contributed by atoms with Crippen molar-refractivity contribution in [3.05, 3.63) is 47.5 Å². The highest BCUT2D eigenvalue weighted by atomic mass is 35.5. The third kappa shape index (κ3) is 1.89. The van der Waals surface area contributed by atoms with E-state index in [1.54, 1.807) is 0 Å². The topological polar surface area (TPSA) is 0 Å². The van der Waals surface area contributed by atoms with E-state index in [2.05, 4.69) is 12.7 Å². The Kier molecular flexibility index (Phi) is 2.52. The van der Waals surface area contributed by atoms with Crippen LogP contribution in [-0.2, 0) is 6.42 Å². The van der Waals surface area contributed by atoms with E-state index in [0.29, 0.717) is 0 Å². The van der Waals surface area contributed by atoms with E-state index in [9.17, 15) is 0 Å². The van der Waals surface area contributed by atoms with Crippen LogP contribution in [0, 0.1) is 6.08 Å². The zero-order valence-electron chi connectivity index (χ0n) is 5.60. The Balaban J connectivity index is 2.78. The highest BCUT2D eigenvalue weighted by Gasteiger charge is 1.87. The van der Waals surface area contributed by atoms with Crippen LogP contribution in [0.5, 0.6) is 0 Å². The van der Waals surface area contributed by atoms with Gasteiger partial charge < -0.3 is 0 Å². The third-order valence-electron chi connectivity index (χ3n) is 1.24. The Morgan fingerprint density at radius 2 is 1.90 bits per heavy atom. The molecule has 0 aromatic heterocycles. The van der Waals surface area contributed by atoms with Crippen LogP contribution >= 0.6 is 11.6 Å². The molecule has 0 aliphatic carbocycles. The number of hydrogen-bond donors (Lipinski definition) is 0. The second-order valence-electron chi connectivity index (χ2n) is 2.05. The largest absolute Gasteiger partial charge is 0.0952 e. The molecule has 1 aromatic rings. The number of rotatable bonds is 2. The van der Waals surface area contributed by atoms with Gasteiger partial charge in [-0.3, -0.25) is 0 Å². The molecule has 1 rings (SSSR count). The lowest BCUT2D eigenvalue weighted by atomic mass is 10.2. The van der Waals surface area contributed by atoms with Gasteiger partial charge in [0.2, 0.25) is 0 Å². The van der Waals surface area contributed by atoms with Crippen LogP contribution in [0.3, 0.4) is 0 Å². The summed E-state index contributed by atoms with van der Waals surface area (Å²) >= 11 is 5.68. The second kappa shape index (κ2) is 3.43. The van der Waals surface area contributed by atoms with Crippen molar-refractivity contribution in [1.82, 2.24) is 0 Å². The van der Waals surface area contributed by atoms with Crippen molar-refractivity contribution in [2.45, 2.75) is 6.42 Å². The zero-order valence-corrected chi connectivity index (χ0v) is 6.36. The molecular formula is C9H8Cl. The minimum atomic E-state index is 0.771. The van der Waals surface area contributed by atoms with E-state index < -0.39 is 0 Å². The molecule has 0 spiro atoms. The van der Waals surface area contributed by atoms with E-state index >= 15 is 0 Å². The van der Waals surface area contributed by atoms with Crippen molar-refractivity contribution in [3.63, 3.8) is 0 Å². The van der Waals surface area contributed by atoms with Crippen LogP contribution in [-0.4, -0.2) is 0 Å². The second-order valence-corrected chi connectivity index (χ2v) is 2.49. The van der Waals surface area contributed by atoms with Gasteiger partial charge >= 0.3 is 0 Å². The molecule has 1 heteroatoms. The Morgan fingerprint density at radius 3 is 2.40 bits per heavy atom. The minimum Gasteiger partial charge on any atom is -0.0952 e. The summed E-state index contributed by atoms with van der Waals surface area (Å²) in [5, 5.41) is 0.771. The summed E-state index contributed by atoms with van der Waals surface area (Å²) in [6, 6.07) is 7.68. The summed E-state index contributed by atoms with van der Waals surface area (Å²) < 4.78 is 0. The highest BCUT2D eigenvalue weighted by molar-refractivity contribution is 6.30. The first-order valence-electron chi connectivity index (χ1n) is 3.07. The monoisotopic (exact) mass is 151 g/mol. The quantitative estimate of drug-likeness (QED) is 0.610. The first-order valence-corrected chi connectivity index (χ1v) is 3.45. The first kappa shape index (κ1) is 7.36. The van der Waals surface area contributed by atoms with Gasteiger partial charge in [-0.25, -0.2) is 0 Å². The molecule has 0 fully saturated rings. The average molecular weight is 152 g/mol. The minimum absolute atomic E-state index is 0.771. The van der Waals surface area contributed by atoms with Crippen molar-refractivity contribution in [2.75, 3.05) is 0 Å². The van der Waals surface area contributed by atoms with Gasteiger partial charge in [0.25, 0.3) is 0 Å². The van der Waals surface area contributed by atoms with Crippen LogP contribution in [0.15, 0.2) is 30.8 Å². The summed E-state index contributed by atoms with van der Waals surface area (Å²) in [5.74, 6) is 0. The van der Waals surface area contributed by atoms with Crippen molar-refractivity contribution in [3.8, 4) is 0 Å². The third-order valence-corrected chi connectivity index (χ3v) is 1.49. The molecular weight excluding hydrogens is 144 g/mol. The standard InChI is InChI=1S/C9H8Cl/c1-2-3-8-4-6-9(10)7-5-8/h4-7H,1,3H2. The van der Waals surface area contributed by atoms with E-state index in [1.165, 1.54) is 5.56 Å². The molecule has 0 amide bonds. The van der Waals surface area contributed by atoms with E-state index in [-0.39, 0.29) is 0 Å². The number of hydrogen-bond acceptors (Lipinski definition) is 0. The Hall–Kier alpha value is -0.750. The van der Waals surface area contributed by atoms with Gasteiger partial charge in [-0.1, -0.05) is 30.3 Å². The Bertz CT molecular complexity index is 211. The molecule has 10 heavy (non-hydrogen) atoms. The van der Waals surface area contributed by atoms with Gasteiger partial charge in [-0.2, -0.15) is 0 Å². The predicted octanol–water partition coefficient (Wildman–Crippen LogP) is 2.87. The molecule has 0 aliphatic rings. The normalized spacial score (nSPS) is 9.30. The first-order chi connectivity index (χ1) is 4.83. The van der Waals surface area contributed by atoms with Gasteiger partial charge in [0.05, 0.1) is 0 Å². The zero-order chi connectivity index (χ0) is 7.40. The van der Waals surface area contributed by atoms with E-state index in [1.807, 2.05) is 24.3 Å². The summed E-state index contributed by atoms with van der Waals surface area (Å²) in [5.41, 5.74) is 1.19. The molecule has 0 bridgehead atoms. The SMILES string of the molecule is C=[C]Cc1ccc(Cl)cc1. The number of benzene rings is 1. The van der Waals surface area contributed by atoms with Crippen molar-refractivity contribution >= 4 is 11.6 Å². The highest BCUT2D eigenvalue weighted by Crippen LogP contribution is 2.09. The van der Waals surface area contributed by atoms with Crippen molar-refractivity contribution < 1.29 is 0 Å². The van der Waals surface area contributed by atoms with Gasteiger partial charge in [0.1, 0.15) is 0 Å². The predicted molar refractivity (Wildman–Crippen MR) is 44.0 cm³/mol.